The summed E-state index contributed by atoms with van der Waals surface area (Å²) < 4.78 is 17.4. The van der Waals surface area contributed by atoms with Crippen molar-refractivity contribution in [3.8, 4) is 17.2 Å². The number of carbonyl (C=O) groups excluding carboxylic acids is 1. The minimum absolute atomic E-state index is 0.0604. The Morgan fingerprint density at radius 2 is 1.91 bits per heavy atom. The van der Waals surface area contributed by atoms with Crippen molar-refractivity contribution < 1.29 is 28.9 Å². The van der Waals surface area contributed by atoms with Crippen LogP contribution in [0.3, 0.4) is 0 Å². The standard InChI is InChI=1S/C34H41N3O6/c1-3-4-15-37(26-9-7-8-23(17-26)19-35)32(38)21-36-20-27(24-12-13-29-25(18-24)14-16-42-29)33(34(39)40)28(36)22-43-31-11-6-5-10-30(31)41-2/h5-13,17-18,27-28,33H,3-4,14-16,19-22,35H2,1-2H3,(H,39,40). The normalized spacial score (nSPS) is 19.5. The van der Waals surface area contributed by atoms with Crippen LogP contribution in [-0.2, 0) is 22.6 Å². The van der Waals surface area contributed by atoms with Crippen LogP contribution < -0.4 is 24.8 Å². The Bertz CT molecular complexity index is 1430. The van der Waals surface area contributed by atoms with Crippen LogP contribution in [-0.4, -0.2) is 67.9 Å². The summed E-state index contributed by atoms with van der Waals surface area (Å²) in [5.74, 6) is -0.166. The van der Waals surface area contributed by atoms with E-state index < -0.39 is 17.9 Å². The number of carboxylic acids is 1. The number of hydrogen-bond acceptors (Lipinski definition) is 7. The van der Waals surface area contributed by atoms with Gasteiger partial charge >= 0.3 is 5.97 Å². The van der Waals surface area contributed by atoms with Gasteiger partial charge in [0.1, 0.15) is 12.4 Å². The second-order valence-corrected chi connectivity index (χ2v) is 11.2. The summed E-state index contributed by atoms with van der Waals surface area (Å²) in [6.45, 7) is 4.22. The number of rotatable bonds is 13. The molecule has 2 aliphatic heterocycles. The highest BCUT2D eigenvalue weighted by Gasteiger charge is 2.48. The van der Waals surface area contributed by atoms with E-state index in [0.29, 0.717) is 37.7 Å². The van der Waals surface area contributed by atoms with Gasteiger partial charge in [0.2, 0.25) is 5.91 Å². The fourth-order valence-corrected chi connectivity index (χ4v) is 6.21. The smallest absolute Gasteiger partial charge is 0.308 e. The van der Waals surface area contributed by atoms with Crippen LogP contribution in [0.1, 0.15) is 42.4 Å². The number of hydrogen-bond donors (Lipinski definition) is 2. The van der Waals surface area contributed by atoms with E-state index >= 15 is 0 Å². The molecule has 0 bridgehead atoms. The predicted molar refractivity (Wildman–Crippen MR) is 165 cm³/mol. The number of unbranched alkanes of at least 4 members (excludes halogenated alkanes) is 1. The second-order valence-electron chi connectivity index (χ2n) is 11.2. The number of carboxylic acid groups (broad SMARTS) is 1. The first-order chi connectivity index (χ1) is 20.9. The molecule has 3 aromatic carbocycles. The molecule has 0 spiro atoms. The number of amides is 1. The van der Waals surface area contributed by atoms with Crippen LogP contribution in [0.4, 0.5) is 5.69 Å². The lowest BCUT2D eigenvalue weighted by Crippen LogP contribution is -2.46. The fraction of sp³-hybridized carbons (Fsp3) is 0.412. The number of ether oxygens (including phenoxy) is 3. The summed E-state index contributed by atoms with van der Waals surface area (Å²) in [5, 5.41) is 10.6. The molecular formula is C34H41N3O6. The molecule has 3 N–H and O–H groups in total. The van der Waals surface area contributed by atoms with Gasteiger partial charge in [-0.2, -0.15) is 0 Å². The largest absolute Gasteiger partial charge is 0.493 e. The molecule has 2 heterocycles. The lowest BCUT2D eigenvalue weighted by Gasteiger charge is -2.30. The van der Waals surface area contributed by atoms with Crippen molar-refractivity contribution >= 4 is 17.6 Å². The third-order valence-electron chi connectivity index (χ3n) is 8.49. The van der Waals surface area contributed by atoms with Gasteiger partial charge in [-0.3, -0.25) is 14.5 Å². The van der Waals surface area contributed by atoms with Crippen molar-refractivity contribution in [3.05, 3.63) is 83.4 Å². The maximum absolute atomic E-state index is 14.0. The van der Waals surface area contributed by atoms with E-state index in [1.807, 2.05) is 53.4 Å². The van der Waals surface area contributed by atoms with Crippen molar-refractivity contribution in [2.75, 3.05) is 44.9 Å². The summed E-state index contributed by atoms with van der Waals surface area (Å²) in [6, 6.07) is 20.4. The summed E-state index contributed by atoms with van der Waals surface area (Å²) in [6.07, 6.45) is 2.57. The first-order valence-corrected chi connectivity index (χ1v) is 15.0. The Morgan fingerprint density at radius 1 is 1.09 bits per heavy atom. The third-order valence-corrected chi connectivity index (χ3v) is 8.49. The molecule has 1 amide bonds. The molecule has 43 heavy (non-hydrogen) atoms. The highest BCUT2D eigenvalue weighted by atomic mass is 16.5. The van der Waals surface area contributed by atoms with E-state index in [1.54, 1.807) is 24.1 Å². The zero-order valence-corrected chi connectivity index (χ0v) is 24.9. The van der Waals surface area contributed by atoms with Gasteiger partial charge in [-0.1, -0.05) is 49.7 Å². The summed E-state index contributed by atoms with van der Waals surface area (Å²) in [5.41, 5.74) is 9.67. The van der Waals surface area contributed by atoms with Gasteiger partial charge in [-0.25, -0.2) is 0 Å². The second kappa shape index (κ2) is 13.9. The molecule has 0 aromatic heterocycles. The number of para-hydroxylation sites is 2. The van der Waals surface area contributed by atoms with E-state index in [9.17, 15) is 14.7 Å². The van der Waals surface area contributed by atoms with Crippen molar-refractivity contribution in [2.24, 2.45) is 11.7 Å². The fourth-order valence-electron chi connectivity index (χ4n) is 6.21. The topological polar surface area (TPSA) is 115 Å². The highest BCUT2D eigenvalue weighted by molar-refractivity contribution is 5.95. The summed E-state index contributed by atoms with van der Waals surface area (Å²) in [4.78, 5) is 30.7. The summed E-state index contributed by atoms with van der Waals surface area (Å²) in [7, 11) is 1.57. The van der Waals surface area contributed by atoms with Crippen molar-refractivity contribution in [2.45, 2.75) is 44.7 Å². The molecular weight excluding hydrogens is 546 g/mol. The van der Waals surface area contributed by atoms with Crippen LogP contribution in [0.5, 0.6) is 17.2 Å². The van der Waals surface area contributed by atoms with Gasteiger partial charge in [0.05, 0.1) is 32.2 Å². The minimum atomic E-state index is -0.913. The Labute approximate surface area is 253 Å². The number of carbonyl (C=O) groups is 2. The third kappa shape index (κ3) is 6.78. The molecule has 2 aliphatic rings. The van der Waals surface area contributed by atoms with Gasteiger partial charge in [0, 0.05) is 37.7 Å². The molecule has 1 fully saturated rings. The van der Waals surface area contributed by atoms with E-state index in [0.717, 1.165) is 47.4 Å². The highest BCUT2D eigenvalue weighted by Crippen LogP contribution is 2.40. The quantitative estimate of drug-likeness (QED) is 0.301. The molecule has 0 saturated carbocycles. The molecule has 3 atom stereocenters. The molecule has 3 unspecified atom stereocenters. The SMILES string of the molecule is CCCCN(C(=O)CN1CC(c2ccc3c(c2)CCO3)C(C(=O)O)C1COc1ccccc1OC)c1cccc(CN)c1. The van der Waals surface area contributed by atoms with Gasteiger partial charge < -0.3 is 30.0 Å². The molecule has 5 rings (SSSR count). The number of benzene rings is 3. The first kappa shape index (κ1) is 30.4. The Hall–Kier alpha value is -4.08. The molecule has 9 heteroatoms. The molecule has 9 nitrogen and oxygen atoms in total. The zero-order valence-electron chi connectivity index (χ0n) is 24.9. The number of anilines is 1. The Balaban J connectivity index is 1.46. The van der Waals surface area contributed by atoms with Gasteiger partial charge in [0.25, 0.3) is 0 Å². The van der Waals surface area contributed by atoms with Gasteiger partial charge in [-0.15, -0.1) is 0 Å². The molecule has 0 radical (unpaired) electrons. The number of nitrogens with zero attached hydrogens (tertiary/aromatic N) is 2. The first-order valence-electron chi connectivity index (χ1n) is 15.0. The Kier molecular flexibility index (Phi) is 9.84. The monoisotopic (exact) mass is 587 g/mol. The van der Waals surface area contributed by atoms with Crippen molar-refractivity contribution in [3.63, 3.8) is 0 Å². The number of methoxy groups -OCH3 is 1. The van der Waals surface area contributed by atoms with Crippen LogP contribution in [0.15, 0.2) is 66.7 Å². The lowest BCUT2D eigenvalue weighted by atomic mass is 9.84. The van der Waals surface area contributed by atoms with E-state index in [-0.39, 0.29) is 25.0 Å². The van der Waals surface area contributed by atoms with E-state index in [2.05, 4.69) is 13.0 Å². The summed E-state index contributed by atoms with van der Waals surface area (Å²) >= 11 is 0. The average Bonchev–Trinajstić information content (AvgIpc) is 3.64. The molecule has 228 valence electrons. The van der Waals surface area contributed by atoms with Crippen molar-refractivity contribution in [1.82, 2.24) is 4.90 Å². The molecule has 1 saturated heterocycles. The van der Waals surface area contributed by atoms with Crippen LogP contribution in [0, 0.1) is 5.92 Å². The zero-order chi connectivity index (χ0) is 30.3. The van der Waals surface area contributed by atoms with E-state index in [4.69, 9.17) is 19.9 Å². The minimum Gasteiger partial charge on any atom is -0.493 e. The number of likely N-dealkylation sites (tertiary alicyclic amines) is 1. The molecule has 0 aliphatic carbocycles. The van der Waals surface area contributed by atoms with Crippen LogP contribution >= 0.6 is 0 Å². The number of nitrogens with two attached hydrogens (primary N) is 1. The Morgan fingerprint density at radius 3 is 2.65 bits per heavy atom. The molecule has 3 aromatic rings. The van der Waals surface area contributed by atoms with Gasteiger partial charge in [-0.05, 0) is 53.4 Å². The number of aliphatic carboxylic acids is 1. The van der Waals surface area contributed by atoms with Gasteiger partial charge in [0.15, 0.2) is 11.5 Å². The average molecular weight is 588 g/mol. The maximum atomic E-state index is 14.0. The maximum Gasteiger partial charge on any atom is 0.308 e. The van der Waals surface area contributed by atoms with Crippen LogP contribution in [0.25, 0.3) is 0 Å². The van der Waals surface area contributed by atoms with E-state index in [1.165, 1.54) is 0 Å². The van der Waals surface area contributed by atoms with Crippen LogP contribution in [0.2, 0.25) is 0 Å². The number of fused-ring (bicyclic) bond motifs is 1. The lowest BCUT2D eigenvalue weighted by molar-refractivity contribution is -0.143. The predicted octanol–water partition coefficient (Wildman–Crippen LogP) is 4.47. The van der Waals surface area contributed by atoms with Crippen molar-refractivity contribution in [1.29, 1.82) is 0 Å².